The molecule has 0 saturated carbocycles. The fourth-order valence-electron chi connectivity index (χ4n) is 7.30. The van der Waals surface area contributed by atoms with E-state index in [0.29, 0.717) is 0 Å². The molecule has 0 radical (unpaired) electrons. The molecule has 0 saturated heterocycles. The van der Waals surface area contributed by atoms with E-state index in [4.69, 9.17) is 0 Å². The molecule has 6 aromatic carbocycles. The van der Waals surface area contributed by atoms with Crippen LogP contribution in [0.2, 0.25) is 0 Å². The number of fused-ring (bicyclic) bond motifs is 8. The first kappa shape index (κ1) is 23.1. The Kier molecular flexibility index (Phi) is 4.77. The maximum atomic E-state index is 2.54. The highest BCUT2D eigenvalue weighted by Gasteiger charge is 2.43. The summed E-state index contributed by atoms with van der Waals surface area (Å²) in [4.78, 5) is 2.54. The molecule has 1 nitrogen and oxygen atoms in total. The van der Waals surface area contributed by atoms with Gasteiger partial charge >= 0.3 is 0 Å². The lowest BCUT2D eigenvalue weighted by atomic mass is 9.37. The third-order valence-corrected chi connectivity index (χ3v) is 10.3. The summed E-state index contributed by atoms with van der Waals surface area (Å²) in [5.41, 5.74) is 15.9. The first-order chi connectivity index (χ1) is 20.2. The van der Waals surface area contributed by atoms with Crippen molar-refractivity contribution in [3.8, 4) is 22.3 Å². The smallest absolute Gasteiger partial charge is 0.248 e. The highest BCUT2D eigenvalue weighted by Crippen LogP contribution is 2.45. The Morgan fingerprint density at radius 3 is 2.22 bits per heavy atom. The lowest BCUT2D eigenvalue weighted by Gasteiger charge is -2.38. The molecule has 0 bridgehead atoms. The van der Waals surface area contributed by atoms with Crippen LogP contribution in [0.4, 0.5) is 17.1 Å². The molecule has 7 aromatic rings. The van der Waals surface area contributed by atoms with Gasteiger partial charge in [-0.15, -0.1) is 11.3 Å². The predicted molar refractivity (Wildman–Crippen MR) is 179 cm³/mol. The largest absolute Gasteiger partial charge is 0.311 e. The van der Waals surface area contributed by atoms with Gasteiger partial charge in [-0.3, -0.25) is 0 Å². The molecule has 192 valence electrons. The Hall–Kier alpha value is -4.60. The van der Waals surface area contributed by atoms with E-state index in [9.17, 15) is 0 Å². The number of nitrogens with zero attached hydrogens (tertiary/aromatic N) is 1. The number of thiophene rings is 1. The van der Waals surface area contributed by atoms with Crippen LogP contribution in [0.5, 0.6) is 0 Å². The average molecular weight is 540 g/mol. The van der Waals surface area contributed by atoms with Gasteiger partial charge in [0.2, 0.25) is 6.71 Å². The number of aryl methyl sites for hydroxylation is 2. The molecular weight excluding hydrogens is 513 g/mol. The van der Waals surface area contributed by atoms with Crippen LogP contribution in [0.25, 0.3) is 42.4 Å². The van der Waals surface area contributed by atoms with Gasteiger partial charge in [0.1, 0.15) is 0 Å². The molecule has 0 amide bonds. The summed E-state index contributed by atoms with van der Waals surface area (Å²) >= 11 is 1.88. The maximum absolute atomic E-state index is 2.54. The summed E-state index contributed by atoms with van der Waals surface area (Å²) in [6.07, 6.45) is 0. The van der Waals surface area contributed by atoms with Gasteiger partial charge in [-0.05, 0) is 94.6 Å². The third kappa shape index (κ3) is 3.18. The molecule has 2 aliphatic rings. The summed E-state index contributed by atoms with van der Waals surface area (Å²) in [5.74, 6) is 0. The van der Waals surface area contributed by atoms with Gasteiger partial charge in [-0.1, -0.05) is 90.4 Å². The molecule has 0 spiro atoms. The van der Waals surface area contributed by atoms with Crippen molar-refractivity contribution >= 4 is 71.7 Å². The van der Waals surface area contributed by atoms with Crippen molar-refractivity contribution in [1.82, 2.24) is 0 Å². The van der Waals surface area contributed by atoms with Gasteiger partial charge in [-0.2, -0.15) is 0 Å². The van der Waals surface area contributed by atoms with Gasteiger partial charge in [0.25, 0.3) is 0 Å². The summed E-state index contributed by atoms with van der Waals surface area (Å²) in [7, 11) is 0. The first-order valence-corrected chi connectivity index (χ1v) is 15.1. The summed E-state index contributed by atoms with van der Waals surface area (Å²) in [6.45, 7) is 4.73. The molecule has 0 fully saturated rings. The van der Waals surface area contributed by atoms with Gasteiger partial charge in [-0.25, -0.2) is 0 Å². The molecule has 3 heteroatoms. The Morgan fingerprint density at radius 2 is 1.29 bits per heavy atom. The van der Waals surface area contributed by atoms with Crippen molar-refractivity contribution in [3.63, 3.8) is 0 Å². The van der Waals surface area contributed by atoms with Gasteiger partial charge in [0, 0.05) is 37.2 Å². The Morgan fingerprint density at radius 1 is 0.537 bits per heavy atom. The molecule has 0 aliphatic carbocycles. The summed E-state index contributed by atoms with van der Waals surface area (Å²) < 4.78 is 2.69. The van der Waals surface area contributed by atoms with Crippen LogP contribution in [0.1, 0.15) is 11.1 Å². The van der Waals surface area contributed by atoms with Crippen molar-refractivity contribution in [2.45, 2.75) is 13.8 Å². The first-order valence-electron chi connectivity index (χ1n) is 14.3. The zero-order valence-corrected chi connectivity index (χ0v) is 23.8. The molecular formula is C38H26BNS. The van der Waals surface area contributed by atoms with Crippen LogP contribution in [0, 0.1) is 13.8 Å². The van der Waals surface area contributed by atoms with Crippen LogP contribution in [0.3, 0.4) is 0 Å². The van der Waals surface area contributed by atoms with E-state index in [1.807, 2.05) is 11.3 Å². The van der Waals surface area contributed by atoms with Gasteiger partial charge in [0.15, 0.2) is 0 Å². The number of hydrogen-bond donors (Lipinski definition) is 0. The van der Waals surface area contributed by atoms with E-state index in [2.05, 4.69) is 140 Å². The average Bonchev–Trinajstić information content (AvgIpc) is 3.54. The third-order valence-electron chi connectivity index (χ3n) is 9.12. The van der Waals surface area contributed by atoms with Crippen LogP contribution >= 0.6 is 11.3 Å². The number of benzene rings is 6. The van der Waals surface area contributed by atoms with Crippen molar-refractivity contribution in [1.29, 1.82) is 0 Å². The van der Waals surface area contributed by atoms with E-state index < -0.39 is 0 Å². The fraction of sp³-hybridized carbons (Fsp3) is 0.0526. The lowest BCUT2D eigenvalue weighted by Crippen LogP contribution is -2.55. The Labute approximate surface area is 244 Å². The van der Waals surface area contributed by atoms with E-state index in [1.54, 1.807) is 0 Å². The number of para-hydroxylation sites is 2. The lowest BCUT2D eigenvalue weighted by molar-refractivity contribution is 1.24. The van der Waals surface area contributed by atoms with E-state index in [-0.39, 0.29) is 6.71 Å². The summed E-state index contributed by atoms with van der Waals surface area (Å²) in [6, 6.07) is 45.4. The molecule has 3 heterocycles. The van der Waals surface area contributed by atoms with Gasteiger partial charge in [0.05, 0.1) is 0 Å². The van der Waals surface area contributed by atoms with E-state index in [0.717, 1.165) is 0 Å². The molecule has 1 aromatic heterocycles. The molecule has 0 N–H and O–H groups in total. The highest BCUT2D eigenvalue weighted by molar-refractivity contribution is 7.25. The van der Waals surface area contributed by atoms with Crippen LogP contribution in [-0.4, -0.2) is 6.71 Å². The molecule has 41 heavy (non-hydrogen) atoms. The predicted octanol–water partition coefficient (Wildman–Crippen LogP) is 8.62. The minimum Gasteiger partial charge on any atom is -0.311 e. The molecule has 2 aliphatic heterocycles. The maximum Gasteiger partial charge on any atom is 0.248 e. The monoisotopic (exact) mass is 539 g/mol. The molecule has 0 unspecified atom stereocenters. The van der Waals surface area contributed by atoms with Crippen LogP contribution in [0.15, 0.2) is 121 Å². The second kappa shape index (κ2) is 8.45. The van der Waals surface area contributed by atoms with E-state index >= 15 is 0 Å². The molecule has 0 atom stereocenters. The fourth-order valence-corrected chi connectivity index (χ4v) is 8.39. The second-order valence-corrected chi connectivity index (χ2v) is 12.5. The standard InChI is InChI=1S/C38H26BNS/c1-23-10-3-7-16-33(23)40-34-22-26(25-18-19-36-29(20-25)28-13-5-8-17-35(28)41-36)21-30-27-12-4-6-14-31(27)39(37(30)34)32-15-9-11-24(2)38(32)40/h3-22H,1-2H3. The highest BCUT2D eigenvalue weighted by atomic mass is 32.1. The minimum atomic E-state index is 0.240. The quantitative estimate of drug-likeness (QED) is 0.199. The SMILES string of the molecule is Cc1ccccc1N1c2cc(-c3ccc4sc5ccccc5c4c3)cc3c2B(c2ccccc2-3)c2cccc(C)c21. The van der Waals surface area contributed by atoms with Gasteiger partial charge < -0.3 is 4.90 Å². The Balaban J connectivity index is 1.38. The summed E-state index contributed by atoms with van der Waals surface area (Å²) in [5, 5.41) is 2.68. The number of rotatable bonds is 2. The zero-order valence-electron chi connectivity index (χ0n) is 23.0. The molecule has 9 rings (SSSR count). The van der Waals surface area contributed by atoms with E-state index in [1.165, 1.54) is 87.0 Å². The zero-order chi connectivity index (χ0) is 27.2. The number of hydrogen-bond acceptors (Lipinski definition) is 2. The number of anilines is 3. The Bertz CT molecular complexity index is 2210. The van der Waals surface area contributed by atoms with Crippen molar-refractivity contribution in [2.75, 3.05) is 4.90 Å². The van der Waals surface area contributed by atoms with Crippen LogP contribution in [-0.2, 0) is 0 Å². The second-order valence-electron chi connectivity index (χ2n) is 11.4. The normalized spacial score (nSPS) is 13.0. The van der Waals surface area contributed by atoms with Crippen LogP contribution < -0.4 is 21.3 Å². The van der Waals surface area contributed by atoms with Crippen molar-refractivity contribution in [3.05, 3.63) is 132 Å². The van der Waals surface area contributed by atoms with Crippen molar-refractivity contribution in [2.24, 2.45) is 0 Å². The van der Waals surface area contributed by atoms with Crippen molar-refractivity contribution < 1.29 is 0 Å². The minimum absolute atomic E-state index is 0.240. The topological polar surface area (TPSA) is 3.24 Å².